The van der Waals surface area contributed by atoms with Crippen LogP contribution < -0.4 is 9.54 Å². The molecular formula is C18H17FN2O3S. The fraction of sp³-hybridized carbons (Fsp3) is 0.222. The number of nitrogens with zero attached hydrogens (tertiary/aromatic N) is 2. The number of amides is 1. The molecule has 0 N–H and O–H groups in total. The van der Waals surface area contributed by atoms with Gasteiger partial charge < -0.3 is 14.0 Å². The maximum atomic E-state index is 14.2. The van der Waals surface area contributed by atoms with Crippen molar-refractivity contribution in [3.05, 3.63) is 58.6 Å². The minimum absolute atomic E-state index is 0.344. The Kier molecular flexibility index (Phi) is 5.25. The van der Waals surface area contributed by atoms with Gasteiger partial charge in [-0.3, -0.25) is 4.79 Å². The number of methoxy groups -OCH3 is 2. The Morgan fingerprint density at radius 3 is 2.64 bits per heavy atom. The third-order valence-corrected chi connectivity index (χ3v) is 4.75. The van der Waals surface area contributed by atoms with Crippen molar-refractivity contribution in [1.29, 1.82) is 0 Å². The first-order valence-corrected chi connectivity index (χ1v) is 8.45. The van der Waals surface area contributed by atoms with Crippen LogP contribution in [0.3, 0.4) is 0 Å². The number of hydrogen-bond donors (Lipinski definition) is 0. The number of hydrogen-bond acceptors (Lipinski definition) is 4. The lowest BCUT2D eigenvalue weighted by Crippen LogP contribution is -2.19. The molecule has 7 heteroatoms. The van der Waals surface area contributed by atoms with E-state index >= 15 is 0 Å². The lowest BCUT2D eigenvalue weighted by atomic mass is 10.2. The van der Waals surface area contributed by atoms with E-state index in [-0.39, 0.29) is 11.7 Å². The minimum Gasteiger partial charge on any atom is -0.497 e. The summed E-state index contributed by atoms with van der Waals surface area (Å²) in [5, 5.41) is 0. The molecule has 1 aromatic heterocycles. The summed E-state index contributed by atoms with van der Waals surface area (Å²) in [5.74, 6) is -0.0698. The monoisotopic (exact) mass is 360 g/mol. The van der Waals surface area contributed by atoms with Gasteiger partial charge in [-0.1, -0.05) is 17.4 Å². The number of ether oxygens (including phenoxy) is 2. The maximum Gasteiger partial charge on any atom is 0.279 e. The fourth-order valence-electron chi connectivity index (χ4n) is 2.45. The highest BCUT2D eigenvalue weighted by atomic mass is 32.1. The van der Waals surface area contributed by atoms with E-state index in [0.29, 0.717) is 34.8 Å². The van der Waals surface area contributed by atoms with Crippen LogP contribution in [0, 0.1) is 5.82 Å². The van der Waals surface area contributed by atoms with Crippen LogP contribution in [0.25, 0.3) is 10.2 Å². The van der Waals surface area contributed by atoms with E-state index in [1.165, 1.54) is 17.4 Å². The summed E-state index contributed by atoms with van der Waals surface area (Å²) in [5.41, 5.74) is 0.878. The molecule has 0 aliphatic carbocycles. The lowest BCUT2D eigenvalue weighted by molar-refractivity contribution is 0.0997. The first-order valence-electron chi connectivity index (χ1n) is 7.64. The van der Waals surface area contributed by atoms with Crippen LogP contribution in [-0.2, 0) is 11.3 Å². The molecule has 2 aromatic carbocycles. The zero-order valence-electron chi connectivity index (χ0n) is 13.9. The first-order chi connectivity index (χ1) is 12.1. The predicted molar refractivity (Wildman–Crippen MR) is 94.5 cm³/mol. The van der Waals surface area contributed by atoms with Crippen LogP contribution in [0.2, 0.25) is 0 Å². The molecule has 0 radical (unpaired) electrons. The molecule has 0 spiro atoms. The van der Waals surface area contributed by atoms with E-state index in [2.05, 4.69) is 4.99 Å². The third-order valence-electron chi connectivity index (χ3n) is 3.71. The number of thiazole rings is 1. The van der Waals surface area contributed by atoms with Gasteiger partial charge in [0.25, 0.3) is 5.91 Å². The van der Waals surface area contributed by atoms with Crippen LogP contribution in [0.1, 0.15) is 10.4 Å². The van der Waals surface area contributed by atoms with Gasteiger partial charge in [-0.2, -0.15) is 4.99 Å². The summed E-state index contributed by atoms with van der Waals surface area (Å²) in [6.45, 7) is 0.802. The topological polar surface area (TPSA) is 52.8 Å². The molecule has 0 atom stereocenters. The van der Waals surface area contributed by atoms with E-state index in [0.717, 1.165) is 4.70 Å². The molecule has 0 saturated heterocycles. The second kappa shape index (κ2) is 7.58. The summed E-state index contributed by atoms with van der Waals surface area (Å²) < 4.78 is 26.8. The van der Waals surface area contributed by atoms with Crippen LogP contribution in [-0.4, -0.2) is 31.3 Å². The van der Waals surface area contributed by atoms with E-state index in [4.69, 9.17) is 9.47 Å². The van der Waals surface area contributed by atoms with Gasteiger partial charge in [0.15, 0.2) is 4.80 Å². The number of carbonyl (C=O) groups is 1. The molecule has 1 heterocycles. The molecule has 130 valence electrons. The zero-order chi connectivity index (χ0) is 17.8. The Labute approximate surface area is 148 Å². The maximum absolute atomic E-state index is 14.2. The van der Waals surface area contributed by atoms with Crippen molar-refractivity contribution < 1.29 is 18.7 Å². The highest BCUT2D eigenvalue weighted by molar-refractivity contribution is 7.16. The predicted octanol–water partition coefficient (Wildman–Crippen LogP) is 3.24. The summed E-state index contributed by atoms with van der Waals surface area (Å²) in [6, 6.07) is 11.6. The molecule has 0 fully saturated rings. The number of halogens is 1. The number of benzene rings is 2. The van der Waals surface area contributed by atoms with Gasteiger partial charge >= 0.3 is 0 Å². The van der Waals surface area contributed by atoms with Gasteiger partial charge in [0.1, 0.15) is 11.6 Å². The molecule has 1 amide bonds. The molecule has 0 aliphatic rings. The highest BCUT2D eigenvalue weighted by Gasteiger charge is 2.12. The van der Waals surface area contributed by atoms with Crippen molar-refractivity contribution in [2.24, 2.45) is 4.99 Å². The van der Waals surface area contributed by atoms with Gasteiger partial charge in [-0.25, -0.2) is 4.39 Å². The summed E-state index contributed by atoms with van der Waals surface area (Å²) in [4.78, 5) is 17.1. The van der Waals surface area contributed by atoms with Crippen LogP contribution in [0.15, 0.2) is 47.5 Å². The molecular weight excluding hydrogens is 343 g/mol. The number of aromatic nitrogens is 1. The minimum atomic E-state index is -0.388. The van der Waals surface area contributed by atoms with Gasteiger partial charge in [0.2, 0.25) is 0 Å². The number of rotatable bonds is 5. The Bertz CT molecular complexity index is 961. The van der Waals surface area contributed by atoms with E-state index in [9.17, 15) is 9.18 Å². The van der Waals surface area contributed by atoms with Crippen molar-refractivity contribution >= 4 is 27.5 Å². The van der Waals surface area contributed by atoms with Crippen LogP contribution in [0.4, 0.5) is 4.39 Å². The summed E-state index contributed by atoms with van der Waals surface area (Å²) >= 11 is 1.27. The second-order valence-corrected chi connectivity index (χ2v) is 6.27. The van der Waals surface area contributed by atoms with Crippen molar-refractivity contribution in [2.75, 3.05) is 20.8 Å². The molecule has 3 rings (SSSR count). The Morgan fingerprint density at radius 2 is 1.96 bits per heavy atom. The molecule has 0 aliphatic heterocycles. The third kappa shape index (κ3) is 3.62. The van der Waals surface area contributed by atoms with Crippen molar-refractivity contribution in [3.63, 3.8) is 0 Å². The van der Waals surface area contributed by atoms with Crippen molar-refractivity contribution in [2.45, 2.75) is 6.54 Å². The molecule has 0 saturated carbocycles. The Morgan fingerprint density at radius 1 is 1.20 bits per heavy atom. The number of fused-ring (bicyclic) bond motifs is 1. The van der Waals surface area contributed by atoms with Gasteiger partial charge in [0, 0.05) is 19.2 Å². The first kappa shape index (κ1) is 17.3. The normalized spacial score (nSPS) is 11.9. The number of para-hydroxylation sites is 1. The summed E-state index contributed by atoms with van der Waals surface area (Å²) in [6.07, 6.45) is 0. The standard InChI is InChI=1S/C18H17FN2O3S/c1-23-11-10-21-16-14(19)4-3-5-15(16)25-18(21)20-17(22)12-6-8-13(24-2)9-7-12/h3-9H,10-11H2,1-2H3. The highest BCUT2D eigenvalue weighted by Crippen LogP contribution is 2.20. The van der Waals surface area contributed by atoms with Crippen LogP contribution in [0.5, 0.6) is 5.75 Å². The van der Waals surface area contributed by atoms with Crippen molar-refractivity contribution in [1.82, 2.24) is 4.57 Å². The Hall–Kier alpha value is -2.51. The molecule has 5 nitrogen and oxygen atoms in total. The van der Waals surface area contributed by atoms with Crippen LogP contribution >= 0.6 is 11.3 Å². The molecule has 3 aromatic rings. The van der Waals surface area contributed by atoms with Crippen molar-refractivity contribution in [3.8, 4) is 5.75 Å². The Balaban J connectivity index is 2.07. The average Bonchev–Trinajstić information content (AvgIpc) is 2.98. The zero-order valence-corrected chi connectivity index (χ0v) is 14.7. The number of carbonyl (C=O) groups excluding carboxylic acids is 1. The molecule has 25 heavy (non-hydrogen) atoms. The average molecular weight is 360 g/mol. The van der Waals surface area contributed by atoms with Gasteiger partial charge in [-0.15, -0.1) is 0 Å². The van der Waals surface area contributed by atoms with E-state index in [1.54, 1.807) is 49.1 Å². The lowest BCUT2D eigenvalue weighted by Gasteiger charge is -2.05. The fourth-order valence-corrected chi connectivity index (χ4v) is 3.52. The smallest absolute Gasteiger partial charge is 0.279 e. The van der Waals surface area contributed by atoms with E-state index < -0.39 is 0 Å². The molecule has 0 bridgehead atoms. The van der Waals surface area contributed by atoms with E-state index in [1.807, 2.05) is 6.07 Å². The largest absolute Gasteiger partial charge is 0.497 e. The van der Waals surface area contributed by atoms with Gasteiger partial charge in [0.05, 0.1) is 23.9 Å². The second-order valence-electron chi connectivity index (χ2n) is 5.26. The molecule has 0 unspecified atom stereocenters. The quantitative estimate of drug-likeness (QED) is 0.702. The summed E-state index contributed by atoms with van der Waals surface area (Å²) in [7, 11) is 3.14. The van der Waals surface area contributed by atoms with Gasteiger partial charge in [-0.05, 0) is 36.4 Å². The SMILES string of the molecule is COCCn1c(=NC(=O)c2ccc(OC)cc2)sc2cccc(F)c21.